The van der Waals surface area contributed by atoms with E-state index in [1.807, 2.05) is 23.9 Å². The van der Waals surface area contributed by atoms with Crippen LogP contribution in [0.5, 0.6) is 0 Å². The number of para-hydroxylation sites is 1. The molecule has 0 saturated heterocycles. The van der Waals surface area contributed by atoms with Crippen LogP contribution in [0.3, 0.4) is 0 Å². The number of nitrogens with one attached hydrogen (secondary N) is 1. The summed E-state index contributed by atoms with van der Waals surface area (Å²) < 4.78 is 0. The molecule has 4 nitrogen and oxygen atoms in total. The number of nitrogens with zero attached hydrogens (tertiary/aromatic N) is 2. The molecule has 116 valence electrons. The minimum Gasteiger partial charge on any atom is -0.361 e. The number of amides is 1. The van der Waals surface area contributed by atoms with Crippen LogP contribution in [0.1, 0.15) is 12.0 Å². The molecule has 2 aromatic rings. The molecule has 3 rings (SSSR count). The van der Waals surface area contributed by atoms with Crippen molar-refractivity contribution in [1.82, 2.24) is 0 Å². The molecule has 2 aromatic carbocycles. The summed E-state index contributed by atoms with van der Waals surface area (Å²) in [6.45, 7) is 1.18. The Hall–Kier alpha value is -2.45. The molecular formula is C18H17N3OS. The van der Waals surface area contributed by atoms with Gasteiger partial charge in [0.15, 0.2) is 0 Å². The first-order valence-electron chi connectivity index (χ1n) is 7.53. The first-order chi connectivity index (χ1) is 11.3. The first kappa shape index (κ1) is 15.4. The molecule has 0 aromatic heterocycles. The second-order valence-corrected chi connectivity index (χ2v) is 6.47. The van der Waals surface area contributed by atoms with E-state index >= 15 is 0 Å². The van der Waals surface area contributed by atoms with E-state index in [2.05, 4.69) is 28.4 Å². The van der Waals surface area contributed by atoms with E-state index in [1.54, 1.807) is 24.3 Å². The molecule has 23 heavy (non-hydrogen) atoms. The Kier molecular flexibility index (Phi) is 4.84. The van der Waals surface area contributed by atoms with E-state index in [9.17, 15) is 4.79 Å². The summed E-state index contributed by atoms with van der Waals surface area (Å²) in [6.07, 6.45) is 1.05. The van der Waals surface area contributed by atoms with Crippen molar-refractivity contribution in [3.63, 3.8) is 0 Å². The highest BCUT2D eigenvalue weighted by Gasteiger charge is 2.17. The van der Waals surface area contributed by atoms with Crippen LogP contribution >= 0.6 is 11.8 Å². The fraction of sp³-hybridized carbons (Fsp3) is 0.222. The second-order valence-electron chi connectivity index (χ2n) is 5.33. The molecule has 1 aliphatic rings. The van der Waals surface area contributed by atoms with Gasteiger partial charge in [-0.15, -0.1) is 11.8 Å². The maximum atomic E-state index is 12.4. The summed E-state index contributed by atoms with van der Waals surface area (Å²) in [4.78, 5) is 15.7. The van der Waals surface area contributed by atoms with Gasteiger partial charge in [-0.1, -0.05) is 18.2 Å². The fourth-order valence-corrected chi connectivity index (χ4v) is 3.62. The zero-order chi connectivity index (χ0) is 16.1. The summed E-state index contributed by atoms with van der Waals surface area (Å²) in [5.41, 5.74) is 2.32. The summed E-state index contributed by atoms with van der Waals surface area (Å²) in [5.74, 6) is 1.00. The lowest BCUT2D eigenvalue weighted by Gasteiger charge is -2.23. The van der Waals surface area contributed by atoms with Crippen molar-refractivity contribution >= 4 is 29.0 Å². The van der Waals surface area contributed by atoms with Crippen LogP contribution in [0.4, 0.5) is 11.4 Å². The van der Waals surface area contributed by atoms with E-state index in [-0.39, 0.29) is 5.91 Å². The van der Waals surface area contributed by atoms with Gasteiger partial charge in [0.1, 0.15) is 0 Å². The van der Waals surface area contributed by atoms with Crippen LogP contribution in [0, 0.1) is 11.3 Å². The van der Waals surface area contributed by atoms with Gasteiger partial charge in [-0.2, -0.15) is 5.26 Å². The Morgan fingerprint density at radius 3 is 3.00 bits per heavy atom. The van der Waals surface area contributed by atoms with Gasteiger partial charge in [0.05, 0.1) is 23.9 Å². The maximum absolute atomic E-state index is 12.4. The Balaban J connectivity index is 1.71. The maximum Gasteiger partial charge on any atom is 0.243 e. The zero-order valence-electron chi connectivity index (χ0n) is 12.7. The Bertz CT molecular complexity index is 754. The third kappa shape index (κ3) is 3.85. The predicted octanol–water partition coefficient (Wildman–Crippen LogP) is 3.50. The van der Waals surface area contributed by atoms with Gasteiger partial charge in [0.25, 0.3) is 0 Å². The van der Waals surface area contributed by atoms with Crippen LogP contribution in [-0.2, 0) is 4.79 Å². The minimum atomic E-state index is -0.0678. The van der Waals surface area contributed by atoms with Crippen LogP contribution in [0.15, 0.2) is 53.4 Å². The van der Waals surface area contributed by atoms with E-state index in [0.717, 1.165) is 24.4 Å². The average molecular weight is 323 g/mol. The molecule has 0 atom stereocenters. The van der Waals surface area contributed by atoms with Crippen molar-refractivity contribution in [2.75, 3.05) is 29.1 Å². The lowest BCUT2D eigenvalue weighted by molar-refractivity contribution is -0.115. The summed E-state index contributed by atoms with van der Waals surface area (Å²) in [7, 11) is 0. The molecule has 1 aliphatic heterocycles. The molecule has 0 bridgehead atoms. The number of nitriles is 1. The van der Waals surface area contributed by atoms with Gasteiger partial charge in [-0.3, -0.25) is 4.79 Å². The van der Waals surface area contributed by atoms with Gasteiger partial charge < -0.3 is 10.2 Å². The fourth-order valence-electron chi connectivity index (χ4n) is 2.60. The highest BCUT2D eigenvalue weighted by molar-refractivity contribution is 7.99. The molecule has 5 heteroatoms. The van der Waals surface area contributed by atoms with Crippen LogP contribution in [-0.4, -0.2) is 24.7 Å². The number of thioether (sulfide) groups is 1. The Morgan fingerprint density at radius 2 is 2.13 bits per heavy atom. The average Bonchev–Trinajstić information content (AvgIpc) is 2.77. The molecule has 1 amide bonds. The minimum absolute atomic E-state index is 0.0678. The smallest absolute Gasteiger partial charge is 0.243 e. The first-order valence-corrected chi connectivity index (χ1v) is 8.51. The van der Waals surface area contributed by atoms with Crippen LogP contribution in [0.25, 0.3) is 0 Å². The van der Waals surface area contributed by atoms with Gasteiger partial charge in [-0.25, -0.2) is 0 Å². The normalized spacial score (nSPS) is 13.6. The Morgan fingerprint density at radius 1 is 1.26 bits per heavy atom. The van der Waals surface area contributed by atoms with Crippen molar-refractivity contribution in [3.8, 4) is 6.07 Å². The van der Waals surface area contributed by atoms with Crippen molar-refractivity contribution in [2.45, 2.75) is 11.3 Å². The molecular weight excluding hydrogens is 306 g/mol. The number of benzene rings is 2. The highest BCUT2D eigenvalue weighted by atomic mass is 32.2. The van der Waals surface area contributed by atoms with E-state index in [4.69, 9.17) is 5.26 Å². The largest absolute Gasteiger partial charge is 0.361 e. The SMILES string of the molecule is N#Cc1cccc(NC(=O)CN2CCCSc3ccccc32)c1. The number of hydrogen-bond donors (Lipinski definition) is 1. The number of hydrogen-bond acceptors (Lipinski definition) is 4. The second kappa shape index (κ2) is 7.21. The van der Waals surface area contributed by atoms with E-state index < -0.39 is 0 Å². The molecule has 1 N–H and O–H groups in total. The molecule has 0 radical (unpaired) electrons. The van der Waals surface area contributed by atoms with E-state index in [0.29, 0.717) is 17.8 Å². The van der Waals surface area contributed by atoms with Crippen molar-refractivity contribution in [3.05, 3.63) is 54.1 Å². The van der Waals surface area contributed by atoms with Crippen LogP contribution in [0.2, 0.25) is 0 Å². The number of rotatable bonds is 3. The standard InChI is InChI=1S/C18H17N3OS/c19-12-14-5-3-6-15(11-14)20-18(22)13-21-9-4-10-23-17-8-2-1-7-16(17)21/h1-3,5-8,11H,4,9-10,13H2,(H,20,22). The number of fused-ring (bicyclic) bond motifs is 1. The number of carbonyl (C=O) groups excluding carboxylic acids is 1. The third-order valence-electron chi connectivity index (χ3n) is 3.65. The van der Waals surface area contributed by atoms with Crippen molar-refractivity contribution in [2.24, 2.45) is 0 Å². The summed E-state index contributed by atoms with van der Waals surface area (Å²) in [5, 5.41) is 11.8. The lowest BCUT2D eigenvalue weighted by Crippen LogP contribution is -2.34. The Labute approximate surface area is 140 Å². The van der Waals surface area contributed by atoms with Gasteiger partial charge >= 0.3 is 0 Å². The van der Waals surface area contributed by atoms with Gasteiger partial charge in [-0.05, 0) is 42.5 Å². The van der Waals surface area contributed by atoms with Gasteiger partial charge in [0, 0.05) is 17.1 Å². The number of anilines is 2. The molecule has 0 spiro atoms. The molecule has 0 aliphatic carbocycles. The van der Waals surface area contributed by atoms with Crippen LogP contribution < -0.4 is 10.2 Å². The van der Waals surface area contributed by atoms with Gasteiger partial charge in [0.2, 0.25) is 5.91 Å². The quantitative estimate of drug-likeness (QED) is 0.939. The third-order valence-corrected chi connectivity index (χ3v) is 4.79. The zero-order valence-corrected chi connectivity index (χ0v) is 13.5. The predicted molar refractivity (Wildman–Crippen MR) is 93.8 cm³/mol. The lowest BCUT2D eigenvalue weighted by atomic mass is 10.2. The molecule has 1 heterocycles. The molecule has 0 saturated carbocycles. The topological polar surface area (TPSA) is 56.1 Å². The van der Waals surface area contributed by atoms with Crippen molar-refractivity contribution < 1.29 is 4.79 Å². The van der Waals surface area contributed by atoms with E-state index in [1.165, 1.54) is 4.90 Å². The molecule has 0 fully saturated rings. The highest BCUT2D eigenvalue weighted by Crippen LogP contribution is 2.33. The monoisotopic (exact) mass is 323 g/mol. The van der Waals surface area contributed by atoms with Crippen molar-refractivity contribution in [1.29, 1.82) is 5.26 Å². The number of carbonyl (C=O) groups is 1. The summed E-state index contributed by atoms with van der Waals surface area (Å²) in [6, 6.07) is 17.3. The summed E-state index contributed by atoms with van der Waals surface area (Å²) >= 11 is 1.84. The molecule has 0 unspecified atom stereocenters.